The van der Waals surface area contributed by atoms with Gasteiger partial charge in [-0.1, -0.05) is 56.0 Å². The molecule has 6 nitrogen and oxygen atoms in total. The van der Waals surface area contributed by atoms with Crippen LogP contribution < -0.4 is 20.4 Å². The number of para-hydroxylation sites is 1. The quantitative estimate of drug-likeness (QED) is 0.521. The number of rotatable bonds is 6. The summed E-state index contributed by atoms with van der Waals surface area (Å²) in [4.78, 5) is 29.7. The van der Waals surface area contributed by atoms with E-state index >= 15 is 0 Å². The zero-order chi connectivity index (χ0) is 23.2. The summed E-state index contributed by atoms with van der Waals surface area (Å²) in [6, 6.07) is 17.0. The zero-order valence-electron chi connectivity index (χ0n) is 19.8. The molecule has 2 aromatic rings. The molecule has 0 aromatic heterocycles. The van der Waals surface area contributed by atoms with Crippen molar-refractivity contribution < 1.29 is 9.59 Å². The summed E-state index contributed by atoms with van der Waals surface area (Å²) < 4.78 is 0. The van der Waals surface area contributed by atoms with Crippen molar-refractivity contribution in [2.75, 3.05) is 37.0 Å². The van der Waals surface area contributed by atoms with E-state index in [1.165, 1.54) is 24.1 Å². The largest absolute Gasteiger partial charge is 0.378 e. The molecule has 6 heteroatoms. The molecule has 33 heavy (non-hydrogen) atoms. The first-order valence-electron chi connectivity index (χ1n) is 12.2. The van der Waals surface area contributed by atoms with E-state index in [0.717, 1.165) is 49.9 Å². The highest BCUT2D eigenvalue weighted by Gasteiger charge is 2.28. The van der Waals surface area contributed by atoms with Gasteiger partial charge in [-0.25, -0.2) is 0 Å². The summed E-state index contributed by atoms with van der Waals surface area (Å²) in [5.41, 5.74) is 4.79. The van der Waals surface area contributed by atoms with Crippen LogP contribution in [0.2, 0.25) is 0 Å². The van der Waals surface area contributed by atoms with Gasteiger partial charge in [0.05, 0.1) is 6.04 Å². The van der Waals surface area contributed by atoms with Gasteiger partial charge in [0, 0.05) is 44.6 Å². The summed E-state index contributed by atoms with van der Waals surface area (Å²) in [5.74, 6) is -1.05. The Labute approximate surface area is 197 Å². The van der Waals surface area contributed by atoms with Gasteiger partial charge in [-0.05, 0) is 48.6 Å². The minimum absolute atomic E-state index is 0.0421. The molecule has 4 rings (SSSR count). The molecule has 1 aliphatic carbocycles. The molecule has 1 saturated carbocycles. The Kier molecular flexibility index (Phi) is 7.53. The number of amides is 2. The molecule has 2 aromatic carbocycles. The molecule has 0 saturated heterocycles. The van der Waals surface area contributed by atoms with Crippen molar-refractivity contribution >= 4 is 23.2 Å². The Morgan fingerprint density at radius 3 is 2.36 bits per heavy atom. The van der Waals surface area contributed by atoms with Gasteiger partial charge in [-0.15, -0.1) is 0 Å². The Bertz CT molecular complexity index is 949. The van der Waals surface area contributed by atoms with Crippen LogP contribution in [-0.2, 0) is 16.0 Å². The maximum absolute atomic E-state index is 12.7. The molecule has 176 valence electrons. The number of nitrogens with zero attached hydrogens (tertiary/aromatic N) is 2. The molecule has 1 atom stereocenters. The van der Waals surface area contributed by atoms with Crippen molar-refractivity contribution in [2.24, 2.45) is 0 Å². The minimum atomic E-state index is -0.540. The minimum Gasteiger partial charge on any atom is -0.378 e. The number of hydrogen-bond donors (Lipinski definition) is 2. The van der Waals surface area contributed by atoms with Gasteiger partial charge in [0.25, 0.3) is 0 Å². The van der Waals surface area contributed by atoms with Crippen LogP contribution in [0, 0.1) is 0 Å². The predicted molar refractivity (Wildman–Crippen MR) is 134 cm³/mol. The van der Waals surface area contributed by atoms with Gasteiger partial charge in [0.1, 0.15) is 0 Å². The van der Waals surface area contributed by atoms with Crippen LogP contribution in [0.5, 0.6) is 0 Å². The lowest BCUT2D eigenvalue weighted by atomic mass is 10.0. The van der Waals surface area contributed by atoms with Gasteiger partial charge in [0.2, 0.25) is 0 Å². The van der Waals surface area contributed by atoms with Crippen LogP contribution >= 0.6 is 0 Å². The molecule has 0 spiro atoms. The Hall–Kier alpha value is -3.02. The van der Waals surface area contributed by atoms with Crippen molar-refractivity contribution in [2.45, 2.75) is 57.0 Å². The first-order valence-corrected chi connectivity index (χ1v) is 12.2. The van der Waals surface area contributed by atoms with E-state index in [9.17, 15) is 9.59 Å². The fraction of sp³-hybridized carbons (Fsp3) is 0.481. The molecule has 2 amide bonds. The van der Waals surface area contributed by atoms with Crippen LogP contribution in [0.1, 0.15) is 55.7 Å². The third-order valence-corrected chi connectivity index (χ3v) is 6.95. The molecule has 1 heterocycles. The molecular weight excluding hydrogens is 412 g/mol. The van der Waals surface area contributed by atoms with Crippen molar-refractivity contribution in [1.29, 1.82) is 0 Å². The van der Waals surface area contributed by atoms with Gasteiger partial charge >= 0.3 is 11.8 Å². The normalized spacial score (nSPS) is 17.1. The average molecular weight is 449 g/mol. The number of benzene rings is 2. The highest BCUT2D eigenvalue weighted by atomic mass is 16.2. The molecule has 2 N–H and O–H groups in total. The third-order valence-electron chi connectivity index (χ3n) is 6.95. The van der Waals surface area contributed by atoms with Crippen LogP contribution in [0.25, 0.3) is 0 Å². The number of carbonyl (C=O) groups is 2. The van der Waals surface area contributed by atoms with E-state index in [-0.39, 0.29) is 12.1 Å². The highest BCUT2D eigenvalue weighted by Crippen LogP contribution is 2.35. The third kappa shape index (κ3) is 5.67. The maximum atomic E-state index is 12.7. The summed E-state index contributed by atoms with van der Waals surface area (Å²) >= 11 is 0. The van der Waals surface area contributed by atoms with E-state index in [4.69, 9.17) is 0 Å². The van der Waals surface area contributed by atoms with Crippen LogP contribution in [0.4, 0.5) is 11.4 Å². The van der Waals surface area contributed by atoms with Crippen LogP contribution in [0.15, 0.2) is 48.5 Å². The van der Waals surface area contributed by atoms with Gasteiger partial charge in [-0.2, -0.15) is 0 Å². The number of anilines is 2. The molecular formula is C27H36N4O2. The number of fused-ring (bicyclic) bond motifs is 1. The molecule has 0 bridgehead atoms. The molecule has 0 radical (unpaired) electrons. The zero-order valence-corrected chi connectivity index (χ0v) is 19.8. The molecule has 2 aliphatic rings. The predicted octanol–water partition coefficient (Wildman–Crippen LogP) is 3.81. The second kappa shape index (κ2) is 10.7. The lowest BCUT2D eigenvalue weighted by Crippen LogP contribution is -2.46. The van der Waals surface area contributed by atoms with Crippen molar-refractivity contribution in [1.82, 2.24) is 10.6 Å². The standard InChI is InChI=1S/C27H36N4O2/c1-30(2)23-15-13-21(14-16-23)25(31-18-17-20-9-7-8-12-24(20)31)19-28-26(32)27(33)29-22-10-5-3-4-6-11-22/h7-9,12-16,22,25H,3-6,10-11,17-19H2,1-2H3,(H,28,32)(H,29,33). The van der Waals surface area contributed by atoms with Crippen molar-refractivity contribution in [3.05, 3.63) is 59.7 Å². The van der Waals surface area contributed by atoms with Gasteiger partial charge in [-0.3, -0.25) is 9.59 Å². The summed E-state index contributed by atoms with van der Waals surface area (Å²) in [6.07, 6.45) is 7.57. The lowest BCUT2D eigenvalue weighted by molar-refractivity contribution is -0.139. The van der Waals surface area contributed by atoms with E-state index in [0.29, 0.717) is 6.54 Å². The molecule has 1 aliphatic heterocycles. The molecule has 1 unspecified atom stereocenters. The Morgan fingerprint density at radius 2 is 1.67 bits per heavy atom. The second-order valence-electron chi connectivity index (χ2n) is 9.45. The first kappa shape index (κ1) is 23.1. The topological polar surface area (TPSA) is 64.7 Å². The van der Waals surface area contributed by atoms with E-state index < -0.39 is 11.8 Å². The SMILES string of the molecule is CN(C)c1ccc(C(CNC(=O)C(=O)NC2CCCCCC2)N2CCc3ccccc32)cc1. The van der Waals surface area contributed by atoms with Crippen LogP contribution in [-0.4, -0.2) is 45.0 Å². The second-order valence-corrected chi connectivity index (χ2v) is 9.45. The average Bonchev–Trinajstić information content (AvgIpc) is 3.08. The van der Waals surface area contributed by atoms with Gasteiger partial charge < -0.3 is 20.4 Å². The molecule has 1 fully saturated rings. The summed E-state index contributed by atoms with van der Waals surface area (Å²) in [6.45, 7) is 1.27. The monoisotopic (exact) mass is 448 g/mol. The number of carbonyl (C=O) groups excluding carboxylic acids is 2. The lowest BCUT2D eigenvalue weighted by Gasteiger charge is -2.31. The number of hydrogen-bond acceptors (Lipinski definition) is 4. The van der Waals surface area contributed by atoms with E-state index in [2.05, 4.69) is 69.0 Å². The Morgan fingerprint density at radius 1 is 0.970 bits per heavy atom. The fourth-order valence-corrected chi connectivity index (χ4v) is 5.03. The van der Waals surface area contributed by atoms with E-state index in [1.54, 1.807) is 0 Å². The van der Waals surface area contributed by atoms with Crippen molar-refractivity contribution in [3.8, 4) is 0 Å². The van der Waals surface area contributed by atoms with Crippen molar-refractivity contribution in [3.63, 3.8) is 0 Å². The van der Waals surface area contributed by atoms with E-state index in [1.807, 2.05) is 14.1 Å². The number of nitrogens with one attached hydrogen (secondary N) is 2. The first-order chi connectivity index (χ1) is 16.0. The summed E-state index contributed by atoms with van der Waals surface area (Å²) in [5, 5.41) is 5.89. The smallest absolute Gasteiger partial charge is 0.309 e. The highest BCUT2D eigenvalue weighted by molar-refractivity contribution is 6.35. The van der Waals surface area contributed by atoms with Gasteiger partial charge in [0.15, 0.2) is 0 Å². The summed E-state index contributed by atoms with van der Waals surface area (Å²) in [7, 11) is 4.05. The fourth-order valence-electron chi connectivity index (χ4n) is 5.03. The Balaban J connectivity index is 1.47. The maximum Gasteiger partial charge on any atom is 0.309 e. The van der Waals surface area contributed by atoms with Crippen LogP contribution in [0.3, 0.4) is 0 Å².